The summed E-state index contributed by atoms with van der Waals surface area (Å²) in [5.41, 5.74) is 4.49. The third kappa shape index (κ3) is 28.7. The lowest BCUT2D eigenvalue weighted by molar-refractivity contribution is -0.164. The number of hydrogen-bond donors (Lipinski definition) is 8. The number of aliphatic hydroxyl groups excluding tert-OH is 3. The number of nitrogens with one attached hydrogen (secondary N) is 3. The summed E-state index contributed by atoms with van der Waals surface area (Å²) < 4.78 is 70.3. The highest BCUT2D eigenvalue weighted by Gasteiger charge is 2.29. The summed E-state index contributed by atoms with van der Waals surface area (Å²) in [6, 6.07) is 30.7. The number of aliphatic hydroxyl groups is 3. The van der Waals surface area contributed by atoms with Gasteiger partial charge in [-0.25, -0.2) is 37.1 Å². The van der Waals surface area contributed by atoms with Gasteiger partial charge in [0, 0.05) is 69.1 Å². The predicted octanol–water partition coefficient (Wildman–Crippen LogP) is 8.39. The Morgan fingerprint density at radius 1 is 0.460 bits per heavy atom. The quantitative estimate of drug-likeness (QED) is 0.00600. The van der Waals surface area contributed by atoms with E-state index in [1.807, 2.05) is 0 Å². The van der Waals surface area contributed by atoms with Crippen LogP contribution in [0.1, 0.15) is 81.3 Å². The maximum atomic E-state index is 14.3. The van der Waals surface area contributed by atoms with Crippen molar-refractivity contribution in [1.82, 2.24) is 61.4 Å². The molecule has 39 heteroatoms. The highest BCUT2D eigenvalue weighted by atomic mass is 35.5. The van der Waals surface area contributed by atoms with Gasteiger partial charge in [0.2, 0.25) is 13.6 Å². The first-order chi connectivity index (χ1) is 54.1. The van der Waals surface area contributed by atoms with Crippen molar-refractivity contribution in [3.63, 3.8) is 0 Å². The molecule has 0 unspecified atom stereocenters. The van der Waals surface area contributed by atoms with E-state index < -0.39 is 115 Å². The number of halogens is 6. The van der Waals surface area contributed by atoms with E-state index in [9.17, 15) is 72.1 Å². The zero-order valence-corrected chi connectivity index (χ0v) is 62.2. The Hall–Kier alpha value is -12.5. The number of nitrogens with zero attached hydrogens (tertiary/aromatic N) is 9. The van der Waals surface area contributed by atoms with Crippen molar-refractivity contribution in [3.8, 4) is 33.4 Å². The Kier molecular flexibility index (Phi) is 34.5. The minimum absolute atomic E-state index is 0.0503. The smallest absolute Gasteiger partial charge is 0.479 e. The van der Waals surface area contributed by atoms with Crippen LogP contribution in [0.2, 0.25) is 15.1 Å². The molecule has 9 rings (SSSR count). The number of aromatic nitrogens is 9. The first kappa shape index (κ1) is 87.7. The number of ether oxygens (including phenoxy) is 6. The molecule has 598 valence electrons. The zero-order chi connectivity index (χ0) is 82.1. The van der Waals surface area contributed by atoms with E-state index in [-0.39, 0.29) is 82.0 Å². The van der Waals surface area contributed by atoms with E-state index >= 15 is 0 Å². The summed E-state index contributed by atoms with van der Waals surface area (Å²) in [7, 11) is 0. The molecule has 0 aliphatic heterocycles. The number of hydrogen-bond acceptors (Lipinski definition) is 26. The van der Waals surface area contributed by atoms with Crippen LogP contribution in [-0.2, 0) is 62.1 Å². The fourth-order valence-corrected chi connectivity index (χ4v) is 10.7. The Morgan fingerprint density at radius 2 is 0.779 bits per heavy atom. The van der Waals surface area contributed by atoms with E-state index in [2.05, 4.69) is 79.0 Å². The molecule has 0 radical (unpaired) electrons. The minimum Gasteiger partial charge on any atom is -0.479 e. The summed E-state index contributed by atoms with van der Waals surface area (Å²) in [6.07, 6.45) is -0.968. The van der Waals surface area contributed by atoms with Crippen molar-refractivity contribution in [3.05, 3.63) is 238 Å². The van der Waals surface area contributed by atoms with Crippen molar-refractivity contribution in [2.75, 3.05) is 40.0 Å². The summed E-state index contributed by atoms with van der Waals surface area (Å²) >= 11 is 17.9. The largest absolute Gasteiger partial charge is 0.511 e. The van der Waals surface area contributed by atoms with Crippen LogP contribution in [-0.4, -0.2) is 195 Å². The van der Waals surface area contributed by atoms with Crippen molar-refractivity contribution < 1.29 is 115 Å². The van der Waals surface area contributed by atoms with Crippen LogP contribution in [0.15, 0.2) is 171 Å². The van der Waals surface area contributed by atoms with Crippen molar-refractivity contribution >= 4 is 82.7 Å². The van der Waals surface area contributed by atoms with E-state index in [0.29, 0.717) is 64.4 Å². The van der Waals surface area contributed by atoms with Crippen molar-refractivity contribution in [2.24, 2.45) is 0 Å². The molecular formula is C74H74Cl3F3N12O21. The normalized spacial score (nSPS) is 12.3. The molecule has 0 aliphatic carbocycles. The van der Waals surface area contributed by atoms with Crippen LogP contribution < -0.4 is 25.6 Å². The van der Waals surface area contributed by atoms with Gasteiger partial charge in [-0.1, -0.05) is 147 Å². The molecule has 0 saturated heterocycles. The monoisotopic (exact) mass is 1630 g/mol. The molecule has 0 spiro atoms. The number of carboxylic acids is 1. The fraction of sp³-hybridized carbons (Fsp3) is 0.270. The summed E-state index contributed by atoms with van der Waals surface area (Å²) in [5.74, 6) is -6.87. The van der Waals surface area contributed by atoms with E-state index in [4.69, 9.17) is 59.1 Å². The second-order valence-corrected chi connectivity index (χ2v) is 25.0. The highest BCUT2D eigenvalue weighted by Crippen LogP contribution is 2.30. The van der Waals surface area contributed by atoms with Crippen molar-refractivity contribution in [1.29, 1.82) is 0 Å². The molecule has 3 aromatic heterocycles. The van der Waals surface area contributed by atoms with Gasteiger partial charge in [-0.15, -0.1) is 15.3 Å². The number of aliphatic carboxylic acids is 1. The Morgan fingerprint density at radius 3 is 1.08 bits per heavy atom. The molecule has 6 aromatic carbocycles. The molecule has 113 heavy (non-hydrogen) atoms. The summed E-state index contributed by atoms with van der Waals surface area (Å²) in [4.78, 5) is 109. The average Bonchev–Trinajstić information content (AvgIpc) is 1.56. The molecule has 33 nitrogen and oxygen atoms in total. The molecule has 6 atom stereocenters. The standard InChI is InChI=1S/C27H28ClFN4O8.C24H24ClFN4O8.C23H22ClFN4O5/c1-3-11-41-33-15-23(31-32-33)25(35)30-20(14-24(34)26(36)39-16-40-27(37)38-4-2)12-17-5-7-18(8-6-17)21-13-19(28)9-10-22(21)29;1-2-36-24(34)38-13-37-23(33)21(31)11-17(27-22(32)20-12-30(35)29-28-20)9-14-3-5-15(6-4-14)18-10-16(25)7-8-19(18)26;1-2-9-34-29-13-20(27-28-29)22(31)26-17(12-21(30)23(32)33)10-14-3-5-15(6-4-14)18-11-16(24)7-8-19(18)25/h3,5-10,13,15,20,24,34H,1,4,11-12,14,16H2,2H3,(H,30,35);3-8,10,12,17,21,31,35H,2,9,11,13H2,1H3,(H,27,32);2-8,11,13,17,21,30H,1,9-10,12H2,(H,26,31)(H,32,33)/t20-,24-;2*17-,21-/m111/s1. The van der Waals surface area contributed by atoms with Crippen LogP contribution >= 0.6 is 34.8 Å². The number of benzene rings is 6. The second-order valence-electron chi connectivity index (χ2n) is 23.7. The van der Waals surface area contributed by atoms with Crippen LogP contribution in [0.5, 0.6) is 0 Å². The second kappa shape index (κ2) is 44.4. The lowest BCUT2D eigenvalue weighted by Gasteiger charge is -2.21. The van der Waals surface area contributed by atoms with E-state index in [1.165, 1.54) is 79.1 Å². The fourth-order valence-electron chi connectivity index (χ4n) is 10.2. The van der Waals surface area contributed by atoms with E-state index in [0.717, 1.165) is 21.5 Å². The molecule has 0 bridgehead atoms. The van der Waals surface area contributed by atoms with Gasteiger partial charge in [0.05, 0.1) is 19.4 Å². The van der Waals surface area contributed by atoms with Gasteiger partial charge < -0.3 is 79.7 Å². The maximum absolute atomic E-state index is 14.3. The molecule has 3 amide bonds. The van der Waals surface area contributed by atoms with Gasteiger partial charge in [0.25, 0.3) is 17.7 Å². The minimum atomic E-state index is -1.69. The summed E-state index contributed by atoms with van der Waals surface area (Å²) in [5, 5.41) is 79.8. The molecule has 0 fully saturated rings. The Bertz CT molecular complexity index is 4720. The first-order valence-electron chi connectivity index (χ1n) is 33.8. The zero-order valence-electron chi connectivity index (χ0n) is 59.9. The average molecular weight is 1630 g/mol. The van der Waals surface area contributed by atoms with Crippen LogP contribution in [0.4, 0.5) is 22.8 Å². The molecule has 8 N–H and O–H groups in total. The molecular weight excluding hydrogens is 1560 g/mol. The SMILES string of the molecule is C=CCOn1cc(C(=O)N[C@H](Cc2ccc(-c3cc(Cl)ccc3F)cc2)C[C@@H](O)C(=O)O)nn1.C=CCOn1cc(C(=O)N[C@H](Cc2ccc(-c3cc(Cl)ccc3F)cc2)C[C@@H](O)C(=O)OCOC(=O)OCC)nn1.CCOC(=O)OCOC(=O)[C@H](O)C[C@@H](Cc1ccc(-c2cc(Cl)ccc2F)cc1)NC(=O)c1cn(O)nn1. The molecule has 3 heterocycles. The number of carboxylic acid groups (broad SMARTS) is 1. The van der Waals surface area contributed by atoms with Crippen molar-refractivity contribution in [2.45, 2.75) is 88.8 Å². The maximum Gasteiger partial charge on any atom is 0.511 e. The van der Waals surface area contributed by atoms with Gasteiger partial charge >= 0.3 is 30.2 Å². The number of rotatable bonds is 36. The Labute approximate surface area is 656 Å². The van der Waals surface area contributed by atoms with Gasteiger partial charge in [0.1, 0.15) is 43.1 Å². The molecule has 0 saturated carbocycles. The first-order valence-corrected chi connectivity index (χ1v) is 35.0. The van der Waals surface area contributed by atoms with Crippen LogP contribution in [0, 0.1) is 17.5 Å². The number of amides is 3. The molecule has 9 aromatic rings. The number of carbonyl (C=O) groups is 8. The van der Waals surface area contributed by atoms with Crippen LogP contribution in [0.3, 0.4) is 0 Å². The molecule has 0 aliphatic rings. The van der Waals surface area contributed by atoms with Gasteiger partial charge in [0.15, 0.2) is 35.4 Å². The highest BCUT2D eigenvalue weighted by molar-refractivity contribution is 6.31. The number of esters is 2. The van der Waals surface area contributed by atoms with Gasteiger partial charge in [-0.3, -0.25) is 14.4 Å². The topological polar surface area (TPSA) is 440 Å². The van der Waals surface area contributed by atoms with Gasteiger partial charge in [-0.05, 0) is 137 Å². The predicted molar refractivity (Wildman–Crippen MR) is 394 cm³/mol. The number of carbonyl (C=O) groups excluding carboxylic acids is 7. The van der Waals surface area contributed by atoms with E-state index in [1.54, 1.807) is 86.6 Å². The lowest BCUT2D eigenvalue weighted by Crippen LogP contribution is -2.41. The third-order valence-electron chi connectivity index (χ3n) is 15.4. The van der Waals surface area contributed by atoms with Gasteiger partial charge in [-0.2, -0.15) is 0 Å². The Balaban J connectivity index is 0.000000236. The third-order valence-corrected chi connectivity index (χ3v) is 16.1. The summed E-state index contributed by atoms with van der Waals surface area (Å²) in [6.45, 7) is 9.06. The van der Waals surface area contributed by atoms with Crippen LogP contribution in [0.25, 0.3) is 33.4 Å². The lowest BCUT2D eigenvalue weighted by atomic mass is 9.97.